The Morgan fingerprint density at radius 1 is 1.47 bits per heavy atom. The van der Waals surface area contributed by atoms with Gasteiger partial charge >= 0.3 is 0 Å². The summed E-state index contributed by atoms with van der Waals surface area (Å²) in [6, 6.07) is 6.16. The number of nitrogens with one attached hydrogen (secondary N) is 1. The van der Waals surface area contributed by atoms with Crippen LogP contribution in [0.25, 0.3) is 0 Å². The molecule has 98 valence electrons. The minimum atomic E-state index is -0.344. The second kappa shape index (κ2) is 6.07. The molecule has 1 aromatic heterocycles. The number of aryl methyl sites for hydroxylation is 1. The summed E-state index contributed by atoms with van der Waals surface area (Å²) in [7, 11) is 0. The van der Waals surface area contributed by atoms with Crippen LogP contribution in [0.3, 0.4) is 0 Å². The number of hydrogen-bond acceptors (Lipinski definition) is 5. The van der Waals surface area contributed by atoms with E-state index in [2.05, 4.69) is 15.5 Å². The number of hydrogen-bond donors (Lipinski definition) is 1. The molecule has 1 heterocycles. The van der Waals surface area contributed by atoms with Crippen LogP contribution in [0.2, 0.25) is 0 Å². The molecule has 6 heteroatoms. The van der Waals surface area contributed by atoms with Gasteiger partial charge in [0, 0.05) is 19.5 Å². The van der Waals surface area contributed by atoms with Crippen LogP contribution < -0.4 is 5.32 Å². The van der Waals surface area contributed by atoms with Crippen LogP contribution in [-0.4, -0.2) is 16.7 Å². The van der Waals surface area contributed by atoms with Crippen molar-refractivity contribution in [3.8, 4) is 6.07 Å². The van der Waals surface area contributed by atoms with E-state index in [1.165, 1.54) is 18.2 Å². The summed E-state index contributed by atoms with van der Waals surface area (Å²) in [5, 5.41) is 15.7. The van der Waals surface area contributed by atoms with Gasteiger partial charge in [0.15, 0.2) is 5.82 Å². The van der Waals surface area contributed by atoms with E-state index in [4.69, 9.17) is 9.78 Å². The summed E-state index contributed by atoms with van der Waals surface area (Å²) in [5.74, 6) is 0.819. The Morgan fingerprint density at radius 2 is 2.32 bits per heavy atom. The zero-order chi connectivity index (χ0) is 13.7. The Balaban J connectivity index is 1.86. The molecule has 19 heavy (non-hydrogen) atoms. The van der Waals surface area contributed by atoms with Gasteiger partial charge in [0.25, 0.3) is 0 Å². The van der Waals surface area contributed by atoms with Crippen LogP contribution in [-0.2, 0) is 13.0 Å². The second-order valence-electron chi connectivity index (χ2n) is 4.08. The molecule has 1 aromatic carbocycles. The number of nitrogens with zero attached hydrogens (tertiary/aromatic N) is 3. The van der Waals surface area contributed by atoms with Gasteiger partial charge in [-0.1, -0.05) is 5.16 Å². The molecule has 2 aromatic rings. The molecule has 0 atom stereocenters. The smallest absolute Gasteiger partial charge is 0.227 e. The summed E-state index contributed by atoms with van der Waals surface area (Å²) in [4.78, 5) is 4.07. The molecular weight excluding hydrogens is 247 g/mol. The van der Waals surface area contributed by atoms with Crippen LogP contribution in [0.15, 0.2) is 22.7 Å². The molecule has 0 aliphatic rings. The van der Waals surface area contributed by atoms with Crippen LogP contribution in [0.1, 0.15) is 22.8 Å². The van der Waals surface area contributed by atoms with Gasteiger partial charge in [0.05, 0.1) is 11.6 Å². The lowest BCUT2D eigenvalue weighted by molar-refractivity contribution is 0.372. The normalized spacial score (nSPS) is 10.4. The lowest BCUT2D eigenvalue weighted by Crippen LogP contribution is -2.17. The maximum atomic E-state index is 13.1. The minimum absolute atomic E-state index is 0.344. The predicted molar refractivity (Wildman–Crippen MR) is 65.6 cm³/mol. The van der Waals surface area contributed by atoms with Crippen molar-refractivity contribution in [2.45, 2.75) is 19.9 Å². The number of nitriles is 1. The van der Waals surface area contributed by atoms with Crippen LogP contribution >= 0.6 is 0 Å². The topological polar surface area (TPSA) is 74.7 Å². The fourth-order valence-electron chi connectivity index (χ4n) is 1.68. The Bertz CT molecular complexity index is 603. The predicted octanol–water partition coefficient (Wildman–Crippen LogP) is 1.72. The van der Waals surface area contributed by atoms with E-state index in [-0.39, 0.29) is 5.82 Å². The van der Waals surface area contributed by atoms with E-state index in [0.717, 1.165) is 0 Å². The van der Waals surface area contributed by atoms with Crippen molar-refractivity contribution in [3.05, 3.63) is 46.9 Å². The Hall–Kier alpha value is -2.26. The highest BCUT2D eigenvalue weighted by molar-refractivity contribution is 5.37. The summed E-state index contributed by atoms with van der Waals surface area (Å²) in [6.45, 7) is 2.79. The molecule has 0 bridgehead atoms. The van der Waals surface area contributed by atoms with Crippen LogP contribution in [0.5, 0.6) is 0 Å². The van der Waals surface area contributed by atoms with Gasteiger partial charge in [-0.2, -0.15) is 10.2 Å². The fourth-order valence-corrected chi connectivity index (χ4v) is 1.68. The maximum Gasteiger partial charge on any atom is 0.227 e. The average Bonchev–Trinajstić information content (AvgIpc) is 2.81. The SMILES string of the molecule is Cc1noc(CCNCc2cc(F)ccc2C#N)n1. The monoisotopic (exact) mass is 260 g/mol. The van der Waals surface area contributed by atoms with Gasteiger partial charge in [0.2, 0.25) is 5.89 Å². The highest BCUT2D eigenvalue weighted by atomic mass is 19.1. The molecule has 0 spiro atoms. The summed E-state index contributed by atoms with van der Waals surface area (Å²) < 4.78 is 18.1. The van der Waals surface area contributed by atoms with Crippen molar-refractivity contribution < 1.29 is 8.91 Å². The standard InChI is InChI=1S/C13H13FN4O/c1-9-17-13(19-18-9)4-5-16-8-11-6-12(14)3-2-10(11)7-15/h2-3,6,16H,4-5,8H2,1H3. The second-order valence-corrected chi connectivity index (χ2v) is 4.08. The van der Waals surface area contributed by atoms with Crippen molar-refractivity contribution >= 4 is 0 Å². The molecule has 0 radical (unpaired) electrons. The Kier molecular flexibility index (Phi) is 4.21. The van der Waals surface area contributed by atoms with Gasteiger partial charge in [0.1, 0.15) is 5.82 Å². The Labute approximate surface area is 110 Å². The lowest BCUT2D eigenvalue weighted by Gasteiger charge is -2.05. The van der Waals surface area contributed by atoms with Gasteiger partial charge in [-0.05, 0) is 30.7 Å². The largest absolute Gasteiger partial charge is 0.339 e. The van der Waals surface area contributed by atoms with E-state index in [0.29, 0.717) is 42.4 Å². The van der Waals surface area contributed by atoms with Gasteiger partial charge in [-0.25, -0.2) is 4.39 Å². The van der Waals surface area contributed by atoms with Crippen LogP contribution in [0.4, 0.5) is 4.39 Å². The minimum Gasteiger partial charge on any atom is -0.339 e. The van der Waals surface area contributed by atoms with Crippen molar-refractivity contribution in [1.82, 2.24) is 15.5 Å². The van der Waals surface area contributed by atoms with Crippen molar-refractivity contribution in [2.75, 3.05) is 6.54 Å². The van der Waals surface area contributed by atoms with Crippen molar-refractivity contribution in [2.24, 2.45) is 0 Å². The fraction of sp³-hybridized carbons (Fsp3) is 0.308. The van der Waals surface area contributed by atoms with Crippen molar-refractivity contribution in [3.63, 3.8) is 0 Å². The zero-order valence-corrected chi connectivity index (χ0v) is 10.5. The molecule has 5 nitrogen and oxygen atoms in total. The first-order valence-electron chi connectivity index (χ1n) is 5.87. The van der Waals surface area contributed by atoms with E-state index >= 15 is 0 Å². The summed E-state index contributed by atoms with van der Waals surface area (Å²) in [5.41, 5.74) is 1.12. The summed E-state index contributed by atoms with van der Waals surface area (Å²) in [6.07, 6.45) is 0.595. The zero-order valence-electron chi connectivity index (χ0n) is 10.5. The molecule has 0 saturated heterocycles. The van der Waals surface area contributed by atoms with Gasteiger partial charge in [-0.3, -0.25) is 0 Å². The number of aromatic nitrogens is 2. The first-order chi connectivity index (χ1) is 9.19. The number of rotatable bonds is 5. The first-order valence-corrected chi connectivity index (χ1v) is 5.87. The third kappa shape index (κ3) is 3.60. The maximum absolute atomic E-state index is 13.1. The van der Waals surface area contributed by atoms with Gasteiger partial charge < -0.3 is 9.84 Å². The first kappa shape index (κ1) is 13.2. The molecule has 0 saturated carbocycles. The molecule has 0 fully saturated rings. The highest BCUT2D eigenvalue weighted by Gasteiger charge is 2.05. The van der Waals surface area contributed by atoms with Crippen molar-refractivity contribution in [1.29, 1.82) is 5.26 Å². The van der Waals surface area contributed by atoms with Gasteiger partial charge in [-0.15, -0.1) is 0 Å². The summed E-state index contributed by atoms with van der Waals surface area (Å²) >= 11 is 0. The molecule has 0 aliphatic heterocycles. The Morgan fingerprint density at radius 3 is 3.00 bits per heavy atom. The van der Waals surface area contributed by atoms with E-state index in [9.17, 15) is 4.39 Å². The van der Waals surface area contributed by atoms with E-state index in [1.54, 1.807) is 6.92 Å². The lowest BCUT2D eigenvalue weighted by atomic mass is 10.1. The molecule has 1 N–H and O–H groups in total. The van der Waals surface area contributed by atoms with E-state index < -0.39 is 0 Å². The molecule has 0 amide bonds. The number of benzene rings is 1. The third-order valence-corrected chi connectivity index (χ3v) is 2.59. The highest BCUT2D eigenvalue weighted by Crippen LogP contribution is 2.10. The quantitative estimate of drug-likeness (QED) is 0.828. The average molecular weight is 260 g/mol. The third-order valence-electron chi connectivity index (χ3n) is 2.59. The van der Waals surface area contributed by atoms with E-state index in [1.807, 2.05) is 6.07 Å². The molecule has 2 rings (SSSR count). The molecular formula is C13H13FN4O. The molecule has 0 aliphatic carbocycles. The van der Waals surface area contributed by atoms with Crippen LogP contribution in [0, 0.1) is 24.1 Å². The number of halogens is 1. The molecule has 0 unspecified atom stereocenters.